The Bertz CT molecular complexity index is 342. The maximum atomic E-state index is 6.08. The molecule has 1 aromatic rings. The minimum Gasteiger partial charge on any atom is -0.489 e. The van der Waals surface area contributed by atoms with Gasteiger partial charge >= 0.3 is 0 Å². The molecule has 0 radical (unpaired) electrons. The molecule has 1 aromatic carbocycles. The average molecular weight is 244 g/mol. The Morgan fingerprint density at radius 3 is 2.56 bits per heavy atom. The lowest BCUT2D eigenvalue weighted by atomic mass is 10.1. The molecule has 0 fully saturated rings. The molecule has 0 bridgehead atoms. The van der Waals surface area contributed by atoms with Crippen molar-refractivity contribution in [3.05, 3.63) is 28.8 Å². The van der Waals surface area contributed by atoms with E-state index in [-0.39, 0.29) is 12.1 Å². The second-order valence-electron chi connectivity index (χ2n) is 3.84. The zero-order chi connectivity index (χ0) is 12.1. The molecule has 16 heavy (non-hydrogen) atoms. The predicted molar refractivity (Wildman–Crippen MR) is 66.0 cm³/mol. The fraction of sp³-hybridized carbons (Fsp3) is 0.500. The van der Waals surface area contributed by atoms with Gasteiger partial charge in [-0.05, 0) is 31.5 Å². The summed E-state index contributed by atoms with van der Waals surface area (Å²) in [5.41, 5.74) is 6.75. The molecular formula is C12H18ClNO2. The molecule has 0 aliphatic carbocycles. The van der Waals surface area contributed by atoms with E-state index in [2.05, 4.69) is 0 Å². The molecule has 2 N–H and O–H groups in total. The summed E-state index contributed by atoms with van der Waals surface area (Å²) in [7, 11) is 1.65. The van der Waals surface area contributed by atoms with E-state index in [1.165, 1.54) is 0 Å². The van der Waals surface area contributed by atoms with Gasteiger partial charge in [-0.1, -0.05) is 17.7 Å². The second-order valence-corrected chi connectivity index (χ2v) is 4.24. The predicted octanol–water partition coefficient (Wildman–Crippen LogP) is 2.77. The molecule has 0 aromatic heterocycles. The van der Waals surface area contributed by atoms with Crippen LogP contribution in [0.1, 0.15) is 25.5 Å². The van der Waals surface area contributed by atoms with Crippen LogP contribution in [0.3, 0.4) is 0 Å². The number of hydrogen-bond donors (Lipinski definition) is 1. The normalized spacial score (nSPS) is 14.6. The number of hydrogen-bond acceptors (Lipinski definition) is 3. The van der Waals surface area contributed by atoms with Gasteiger partial charge < -0.3 is 15.2 Å². The minimum atomic E-state index is -0.0237. The minimum absolute atomic E-state index is 0.0237. The highest BCUT2D eigenvalue weighted by Crippen LogP contribution is 2.27. The van der Waals surface area contributed by atoms with Crippen LogP contribution < -0.4 is 10.5 Å². The molecule has 4 heteroatoms. The summed E-state index contributed by atoms with van der Waals surface area (Å²) >= 11 is 6.08. The molecule has 0 aliphatic rings. The Hall–Kier alpha value is -0.770. The largest absolute Gasteiger partial charge is 0.489 e. The van der Waals surface area contributed by atoms with Crippen molar-refractivity contribution in [3.63, 3.8) is 0 Å². The van der Waals surface area contributed by atoms with Crippen molar-refractivity contribution >= 4 is 11.6 Å². The third-order valence-corrected chi connectivity index (χ3v) is 2.65. The Morgan fingerprint density at radius 2 is 2.06 bits per heavy atom. The van der Waals surface area contributed by atoms with Crippen molar-refractivity contribution in [3.8, 4) is 5.75 Å². The molecule has 0 heterocycles. The third kappa shape index (κ3) is 3.67. The molecule has 0 amide bonds. The van der Waals surface area contributed by atoms with Crippen LogP contribution in [-0.2, 0) is 4.74 Å². The summed E-state index contributed by atoms with van der Waals surface area (Å²) in [6, 6.07) is 5.57. The molecule has 0 aliphatic heterocycles. The van der Waals surface area contributed by atoms with Gasteiger partial charge in [-0.3, -0.25) is 0 Å². The number of nitrogens with two attached hydrogens (primary N) is 1. The molecule has 0 spiro atoms. The summed E-state index contributed by atoms with van der Waals surface area (Å²) < 4.78 is 10.6. The zero-order valence-corrected chi connectivity index (χ0v) is 10.6. The molecular weight excluding hydrogens is 226 g/mol. The summed E-state index contributed by atoms with van der Waals surface area (Å²) in [4.78, 5) is 0. The van der Waals surface area contributed by atoms with Gasteiger partial charge in [0.2, 0.25) is 0 Å². The summed E-state index contributed by atoms with van der Waals surface area (Å²) in [6.45, 7) is 4.33. The van der Waals surface area contributed by atoms with E-state index >= 15 is 0 Å². The third-order valence-electron chi connectivity index (χ3n) is 2.36. The Labute approximate surface area is 101 Å². The van der Waals surface area contributed by atoms with Crippen molar-refractivity contribution in [2.45, 2.75) is 26.0 Å². The van der Waals surface area contributed by atoms with Gasteiger partial charge in [-0.25, -0.2) is 0 Å². The van der Waals surface area contributed by atoms with Crippen LogP contribution in [0.25, 0.3) is 0 Å². The summed E-state index contributed by atoms with van der Waals surface area (Å²) in [5, 5.41) is 0.582. The van der Waals surface area contributed by atoms with Gasteiger partial charge in [0.15, 0.2) is 0 Å². The highest BCUT2D eigenvalue weighted by atomic mass is 35.5. The molecule has 90 valence electrons. The van der Waals surface area contributed by atoms with Crippen LogP contribution in [-0.4, -0.2) is 19.8 Å². The quantitative estimate of drug-likeness (QED) is 0.865. The van der Waals surface area contributed by atoms with E-state index in [0.717, 1.165) is 5.56 Å². The van der Waals surface area contributed by atoms with Crippen molar-refractivity contribution in [2.24, 2.45) is 5.73 Å². The van der Waals surface area contributed by atoms with Gasteiger partial charge in [0.1, 0.15) is 12.4 Å². The van der Waals surface area contributed by atoms with Gasteiger partial charge in [0.25, 0.3) is 0 Å². The first-order valence-corrected chi connectivity index (χ1v) is 5.63. The van der Waals surface area contributed by atoms with Crippen molar-refractivity contribution in [1.82, 2.24) is 0 Å². The summed E-state index contributed by atoms with van der Waals surface area (Å²) in [6.07, 6.45) is 0.0455. The van der Waals surface area contributed by atoms with E-state index in [1.807, 2.05) is 32.0 Å². The first kappa shape index (κ1) is 13.3. The van der Waals surface area contributed by atoms with Crippen LogP contribution in [0.15, 0.2) is 18.2 Å². The fourth-order valence-electron chi connectivity index (χ4n) is 1.19. The van der Waals surface area contributed by atoms with E-state index in [4.69, 9.17) is 26.8 Å². The van der Waals surface area contributed by atoms with E-state index in [1.54, 1.807) is 7.11 Å². The number of halogens is 1. The molecule has 3 nitrogen and oxygen atoms in total. The highest BCUT2D eigenvalue weighted by molar-refractivity contribution is 6.32. The lowest BCUT2D eigenvalue weighted by Crippen LogP contribution is -2.16. The van der Waals surface area contributed by atoms with Gasteiger partial charge in [-0.15, -0.1) is 0 Å². The van der Waals surface area contributed by atoms with Crippen LogP contribution in [0.4, 0.5) is 0 Å². The SMILES string of the molecule is COC(C)COc1ccc([C@H](C)N)cc1Cl. The number of benzene rings is 1. The number of rotatable bonds is 5. The van der Waals surface area contributed by atoms with Gasteiger partial charge in [0, 0.05) is 13.2 Å². The van der Waals surface area contributed by atoms with Gasteiger partial charge in [-0.2, -0.15) is 0 Å². The Balaban J connectivity index is 2.68. The molecule has 2 atom stereocenters. The van der Waals surface area contributed by atoms with E-state index < -0.39 is 0 Å². The average Bonchev–Trinajstić information content (AvgIpc) is 2.26. The lowest BCUT2D eigenvalue weighted by Gasteiger charge is -2.14. The number of methoxy groups -OCH3 is 1. The fourth-order valence-corrected chi connectivity index (χ4v) is 1.44. The molecule has 0 saturated heterocycles. The van der Waals surface area contributed by atoms with Gasteiger partial charge in [0.05, 0.1) is 11.1 Å². The maximum Gasteiger partial charge on any atom is 0.138 e. The van der Waals surface area contributed by atoms with Crippen LogP contribution in [0, 0.1) is 0 Å². The maximum absolute atomic E-state index is 6.08. The topological polar surface area (TPSA) is 44.5 Å². The van der Waals surface area contributed by atoms with Crippen molar-refractivity contribution in [2.75, 3.05) is 13.7 Å². The molecule has 1 rings (SSSR count). The standard InChI is InChI=1S/C12H18ClNO2/c1-8(15-3)7-16-12-5-4-10(9(2)14)6-11(12)13/h4-6,8-9H,7,14H2,1-3H3/t8?,9-/m0/s1. The molecule has 0 saturated carbocycles. The molecule has 1 unspecified atom stereocenters. The summed E-state index contributed by atoms with van der Waals surface area (Å²) in [5.74, 6) is 0.662. The van der Waals surface area contributed by atoms with Crippen LogP contribution in [0.5, 0.6) is 5.75 Å². The Morgan fingerprint density at radius 1 is 1.38 bits per heavy atom. The zero-order valence-electron chi connectivity index (χ0n) is 9.87. The lowest BCUT2D eigenvalue weighted by molar-refractivity contribution is 0.0717. The van der Waals surface area contributed by atoms with E-state index in [9.17, 15) is 0 Å². The number of ether oxygens (including phenoxy) is 2. The first-order valence-electron chi connectivity index (χ1n) is 5.25. The van der Waals surface area contributed by atoms with Crippen LogP contribution >= 0.6 is 11.6 Å². The second kappa shape index (κ2) is 6.09. The monoisotopic (exact) mass is 243 g/mol. The van der Waals surface area contributed by atoms with Crippen molar-refractivity contribution < 1.29 is 9.47 Å². The first-order chi connectivity index (χ1) is 7.54. The van der Waals surface area contributed by atoms with E-state index in [0.29, 0.717) is 17.4 Å². The highest BCUT2D eigenvalue weighted by Gasteiger charge is 2.07. The van der Waals surface area contributed by atoms with Crippen molar-refractivity contribution in [1.29, 1.82) is 0 Å². The smallest absolute Gasteiger partial charge is 0.138 e. The Kier molecular flexibility index (Phi) is 5.06. The van der Waals surface area contributed by atoms with Crippen LogP contribution in [0.2, 0.25) is 5.02 Å².